The third kappa shape index (κ3) is 2.31. The Kier molecular flexibility index (Phi) is 3.36. The normalized spacial score (nSPS) is 10.7. The van der Waals surface area contributed by atoms with E-state index in [4.69, 9.17) is 5.11 Å². The lowest BCUT2D eigenvalue weighted by Gasteiger charge is -1.99. The fraction of sp³-hybridized carbons (Fsp3) is 0.308. The van der Waals surface area contributed by atoms with Gasteiger partial charge in [0, 0.05) is 13.0 Å². The number of thiazole rings is 1. The second kappa shape index (κ2) is 4.76. The van der Waals surface area contributed by atoms with Crippen LogP contribution in [0.5, 0.6) is 0 Å². The molecular formula is C13H15NOS. The Balaban J connectivity index is 2.40. The Hall–Kier alpha value is -1.19. The van der Waals surface area contributed by atoms with Crippen molar-refractivity contribution < 1.29 is 5.11 Å². The van der Waals surface area contributed by atoms with Gasteiger partial charge in [0.15, 0.2) is 0 Å². The van der Waals surface area contributed by atoms with Crippen LogP contribution in [0.15, 0.2) is 24.3 Å². The highest BCUT2D eigenvalue weighted by Crippen LogP contribution is 2.30. The van der Waals surface area contributed by atoms with Crippen molar-refractivity contribution in [2.75, 3.05) is 6.61 Å². The number of aryl methyl sites for hydroxylation is 2. The smallest absolute Gasteiger partial charge is 0.0957 e. The molecule has 0 atom stereocenters. The van der Waals surface area contributed by atoms with Gasteiger partial charge in [-0.25, -0.2) is 4.98 Å². The molecule has 0 saturated carbocycles. The third-order valence-electron chi connectivity index (χ3n) is 2.45. The monoisotopic (exact) mass is 233 g/mol. The predicted molar refractivity (Wildman–Crippen MR) is 67.8 cm³/mol. The summed E-state index contributed by atoms with van der Waals surface area (Å²) in [6, 6.07) is 8.43. The van der Waals surface area contributed by atoms with E-state index in [9.17, 15) is 0 Å². The largest absolute Gasteiger partial charge is 0.396 e. The Morgan fingerprint density at radius 1 is 1.31 bits per heavy atom. The van der Waals surface area contributed by atoms with Gasteiger partial charge < -0.3 is 5.11 Å². The van der Waals surface area contributed by atoms with Crippen molar-refractivity contribution in [1.29, 1.82) is 0 Å². The zero-order chi connectivity index (χ0) is 11.5. The second-order valence-electron chi connectivity index (χ2n) is 3.87. The number of aliphatic hydroxyl groups is 1. The number of rotatable bonds is 3. The summed E-state index contributed by atoms with van der Waals surface area (Å²) in [4.78, 5) is 5.68. The van der Waals surface area contributed by atoms with Crippen molar-refractivity contribution in [3.05, 3.63) is 40.5 Å². The van der Waals surface area contributed by atoms with E-state index in [1.165, 1.54) is 16.0 Å². The Morgan fingerprint density at radius 3 is 2.81 bits per heavy atom. The molecule has 1 heterocycles. The Labute approximate surface area is 99.6 Å². The molecule has 0 aliphatic carbocycles. The lowest BCUT2D eigenvalue weighted by molar-refractivity contribution is 0.299. The van der Waals surface area contributed by atoms with Crippen LogP contribution in [0.3, 0.4) is 0 Å². The molecule has 84 valence electrons. The lowest BCUT2D eigenvalue weighted by Crippen LogP contribution is -1.88. The zero-order valence-corrected chi connectivity index (χ0v) is 10.3. The van der Waals surface area contributed by atoms with Crippen molar-refractivity contribution in [2.45, 2.75) is 20.3 Å². The maximum absolute atomic E-state index is 8.90. The van der Waals surface area contributed by atoms with E-state index < -0.39 is 0 Å². The van der Waals surface area contributed by atoms with E-state index in [1.54, 1.807) is 11.3 Å². The maximum atomic E-state index is 8.90. The zero-order valence-electron chi connectivity index (χ0n) is 9.53. The minimum Gasteiger partial charge on any atom is -0.396 e. The standard InChI is InChI=1S/C13H15NOS/c1-9-4-3-5-11(8-9)13-10(2)14-12(16-13)6-7-15/h3-5,8,15H,6-7H2,1-2H3. The second-order valence-corrected chi connectivity index (χ2v) is 4.95. The van der Waals surface area contributed by atoms with Gasteiger partial charge in [-0.2, -0.15) is 0 Å². The molecule has 2 aromatic rings. The SMILES string of the molecule is Cc1cccc(-c2sc(CCO)nc2C)c1. The van der Waals surface area contributed by atoms with Gasteiger partial charge in [-0.3, -0.25) is 0 Å². The molecule has 0 fully saturated rings. The number of benzene rings is 1. The van der Waals surface area contributed by atoms with Crippen LogP contribution >= 0.6 is 11.3 Å². The summed E-state index contributed by atoms with van der Waals surface area (Å²) in [5.74, 6) is 0. The molecule has 2 rings (SSSR count). The molecule has 0 aliphatic rings. The average Bonchev–Trinajstić information content (AvgIpc) is 2.60. The van der Waals surface area contributed by atoms with Crippen LogP contribution in [0.25, 0.3) is 10.4 Å². The quantitative estimate of drug-likeness (QED) is 0.884. The number of nitrogens with zero attached hydrogens (tertiary/aromatic N) is 1. The van der Waals surface area contributed by atoms with Gasteiger partial charge in [-0.05, 0) is 19.4 Å². The van der Waals surface area contributed by atoms with E-state index in [2.05, 4.69) is 36.2 Å². The molecule has 0 radical (unpaired) electrons. The molecule has 2 nitrogen and oxygen atoms in total. The van der Waals surface area contributed by atoms with E-state index >= 15 is 0 Å². The van der Waals surface area contributed by atoms with E-state index in [0.29, 0.717) is 6.42 Å². The van der Waals surface area contributed by atoms with Crippen LogP contribution in [-0.2, 0) is 6.42 Å². The van der Waals surface area contributed by atoms with Gasteiger partial charge >= 0.3 is 0 Å². The molecule has 1 N–H and O–H groups in total. The first kappa shape index (κ1) is 11.3. The highest BCUT2D eigenvalue weighted by molar-refractivity contribution is 7.15. The molecule has 16 heavy (non-hydrogen) atoms. The van der Waals surface area contributed by atoms with Crippen LogP contribution in [0.4, 0.5) is 0 Å². The molecule has 1 aromatic carbocycles. The van der Waals surface area contributed by atoms with Crippen molar-refractivity contribution in [2.24, 2.45) is 0 Å². The van der Waals surface area contributed by atoms with Crippen LogP contribution < -0.4 is 0 Å². The molecule has 0 amide bonds. The lowest BCUT2D eigenvalue weighted by atomic mass is 10.1. The summed E-state index contributed by atoms with van der Waals surface area (Å²) in [6.45, 7) is 4.28. The van der Waals surface area contributed by atoms with Crippen molar-refractivity contribution in [3.8, 4) is 10.4 Å². The summed E-state index contributed by atoms with van der Waals surface area (Å²) >= 11 is 1.67. The number of hydrogen-bond acceptors (Lipinski definition) is 3. The van der Waals surface area contributed by atoms with Crippen LogP contribution in [0.2, 0.25) is 0 Å². The Bertz CT molecular complexity index is 490. The number of aromatic nitrogens is 1. The first-order valence-electron chi connectivity index (χ1n) is 5.35. The van der Waals surface area contributed by atoms with Crippen molar-refractivity contribution in [1.82, 2.24) is 4.98 Å². The number of aliphatic hydroxyl groups excluding tert-OH is 1. The summed E-state index contributed by atoms with van der Waals surface area (Å²) < 4.78 is 0. The number of hydrogen-bond donors (Lipinski definition) is 1. The highest BCUT2D eigenvalue weighted by atomic mass is 32.1. The van der Waals surface area contributed by atoms with Gasteiger partial charge in [-0.1, -0.05) is 29.8 Å². The van der Waals surface area contributed by atoms with E-state index in [0.717, 1.165) is 10.7 Å². The van der Waals surface area contributed by atoms with Crippen LogP contribution in [0.1, 0.15) is 16.3 Å². The van der Waals surface area contributed by atoms with Crippen molar-refractivity contribution in [3.63, 3.8) is 0 Å². The molecule has 0 aliphatic heterocycles. The topological polar surface area (TPSA) is 33.1 Å². The molecule has 0 bridgehead atoms. The summed E-state index contributed by atoms with van der Waals surface area (Å²) in [5, 5.41) is 9.91. The average molecular weight is 233 g/mol. The maximum Gasteiger partial charge on any atom is 0.0957 e. The van der Waals surface area contributed by atoms with Gasteiger partial charge in [-0.15, -0.1) is 11.3 Å². The predicted octanol–water partition coefficient (Wildman–Crippen LogP) is 2.96. The molecular weight excluding hydrogens is 218 g/mol. The van der Waals surface area contributed by atoms with Crippen LogP contribution in [-0.4, -0.2) is 16.7 Å². The third-order valence-corrected chi connectivity index (χ3v) is 3.71. The first-order valence-corrected chi connectivity index (χ1v) is 6.16. The highest BCUT2D eigenvalue weighted by Gasteiger charge is 2.09. The van der Waals surface area contributed by atoms with Crippen molar-refractivity contribution >= 4 is 11.3 Å². The molecule has 0 spiro atoms. The van der Waals surface area contributed by atoms with Gasteiger partial charge in [0.25, 0.3) is 0 Å². The minimum absolute atomic E-state index is 0.167. The minimum atomic E-state index is 0.167. The van der Waals surface area contributed by atoms with E-state index in [1.807, 2.05) is 6.92 Å². The molecule has 1 aromatic heterocycles. The first-order chi connectivity index (χ1) is 7.70. The summed E-state index contributed by atoms with van der Waals surface area (Å²) in [5.41, 5.74) is 3.53. The molecule has 0 unspecified atom stereocenters. The van der Waals surface area contributed by atoms with Crippen LogP contribution in [0, 0.1) is 13.8 Å². The molecule has 3 heteroatoms. The van der Waals surface area contributed by atoms with Gasteiger partial charge in [0.2, 0.25) is 0 Å². The van der Waals surface area contributed by atoms with Gasteiger partial charge in [0.1, 0.15) is 0 Å². The fourth-order valence-electron chi connectivity index (χ4n) is 1.71. The van der Waals surface area contributed by atoms with Gasteiger partial charge in [0.05, 0.1) is 15.6 Å². The van der Waals surface area contributed by atoms with E-state index in [-0.39, 0.29) is 6.61 Å². The Morgan fingerprint density at radius 2 is 2.12 bits per heavy atom. The molecule has 0 saturated heterocycles. The fourth-order valence-corrected chi connectivity index (χ4v) is 2.76. The summed E-state index contributed by atoms with van der Waals surface area (Å²) in [7, 11) is 0. The summed E-state index contributed by atoms with van der Waals surface area (Å²) in [6.07, 6.45) is 0.650.